The third kappa shape index (κ3) is 4.20. The summed E-state index contributed by atoms with van der Waals surface area (Å²) >= 11 is 0. The molecule has 1 heterocycles. The van der Waals surface area contributed by atoms with Gasteiger partial charge in [0, 0.05) is 17.8 Å². The Morgan fingerprint density at radius 1 is 1.12 bits per heavy atom. The van der Waals surface area contributed by atoms with E-state index in [0.717, 1.165) is 12.8 Å². The highest BCUT2D eigenvalue weighted by Gasteiger charge is 2.29. The maximum Gasteiger partial charge on any atom is 0.340 e. The molecule has 138 valence electrons. The van der Waals surface area contributed by atoms with Crippen LogP contribution in [0.2, 0.25) is 0 Å². The van der Waals surface area contributed by atoms with Gasteiger partial charge in [0.05, 0.1) is 12.2 Å². The maximum absolute atomic E-state index is 12.7. The van der Waals surface area contributed by atoms with Crippen LogP contribution in [0.1, 0.15) is 53.2 Å². The molecule has 1 aromatic carbocycles. The first-order valence-electron chi connectivity index (χ1n) is 8.78. The summed E-state index contributed by atoms with van der Waals surface area (Å²) in [6, 6.07) is 9.03. The molecule has 2 N–H and O–H groups in total. The molecule has 0 unspecified atom stereocenters. The van der Waals surface area contributed by atoms with Crippen molar-refractivity contribution in [3.63, 3.8) is 0 Å². The molecule has 0 spiro atoms. The van der Waals surface area contributed by atoms with Gasteiger partial charge in [-0.05, 0) is 25.8 Å². The summed E-state index contributed by atoms with van der Waals surface area (Å²) in [5, 5.41) is 2.62. The summed E-state index contributed by atoms with van der Waals surface area (Å²) in [7, 11) is 0. The van der Waals surface area contributed by atoms with Crippen molar-refractivity contribution in [1.82, 2.24) is 10.3 Å². The van der Waals surface area contributed by atoms with E-state index in [1.54, 1.807) is 26.0 Å². The number of nitrogens with one attached hydrogen (secondary N) is 2. The normalized spacial score (nSPS) is 10.4. The number of Topliss-reactive ketones (excluding diaryl/α,β-unsaturated/α-hetero) is 1. The fraction of sp³-hybridized carbons (Fsp3) is 0.350. The molecule has 0 atom stereocenters. The predicted molar refractivity (Wildman–Crippen MR) is 99.2 cm³/mol. The van der Waals surface area contributed by atoms with Crippen LogP contribution in [-0.2, 0) is 9.53 Å². The van der Waals surface area contributed by atoms with Crippen LogP contribution in [0.25, 0.3) is 11.1 Å². The number of carbonyl (C=O) groups is 3. The van der Waals surface area contributed by atoms with E-state index in [9.17, 15) is 14.4 Å². The number of unbranched alkanes of at least 4 members (excludes halogenated alkanes) is 1. The highest BCUT2D eigenvalue weighted by Crippen LogP contribution is 2.31. The first-order chi connectivity index (χ1) is 12.5. The predicted octanol–water partition coefficient (Wildman–Crippen LogP) is 3.27. The quantitative estimate of drug-likeness (QED) is 0.329. The van der Waals surface area contributed by atoms with E-state index in [1.807, 2.05) is 25.1 Å². The van der Waals surface area contributed by atoms with Crippen LogP contribution in [-0.4, -0.2) is 35.8 Å². The lowest BCUT2D eigenvalue weighted by molar-refractivity contribution is -0.117. The topological polar surface area (TPSA) is 88.3 Å². The largest absolute Gasteiger partial charge is 0.462 e. The Balaban J connectivity index is 2.49. The molecule has 2 rings (SSSR count). The van der Waals surface area contributed by atoms with Crippen molar-refractivity contribution in [3.8, 4) is 11.1 Å². The van der Waals surface area contributed by atoms with Gasteiger partial charge in [0.25, 0.3) is 11.7 Å². The van der Waals surface area contributed by atoms with Crippen LogP contribution in [0.15, 0.2) is 30.3 Å². The second-order valence-corrected chi connectivity index (χ2v) is 5.90. The van der Waals surface area contributed by atoms with Crippen molar-refractivity contribution < 1.29 is 19.1 Å². The number of amides is 1. The first kappa shape index (κ1) is 19.4. The summed E-state index contributed by atoms with van der Waals surface area (Å²) in [6.45, 7) is 6.06. The zero-order valence-electron chi connectivity index (χ0n) is 15.3. The average Bonchev–Trinajstić information content (AvgIpc) is 2.99. The fourth-order valence-electron chi connectivity index (χ4n) is 2.72. The molecule has 0 bridgehead atoms. The Kier molecular flexibility index (Phi) is 6.72. The third-order valence-electron chi connectivity index (χ3n) is 3.98. The second-order valence-electron chi connectivity index (χ2n) is 5.90. The van der Waals surface area contributed by atoms with E-state index in [1.165, 1.54) is 0 Å². The Hall–Kier alpha value is -2.89. The van der Waals surface area contributed by atoms with Gasteiger partial charge in [0.15, 0.2) is 0 Å². The van der Waals surface area contributed by atoms with E-state index < -0.39 is 17.7 Å². The number of hydrogen-bond acceptors (Lipinski definition) is 4. The maximum atomic E-state index is 12.7. The number of hydrogen-bond donors (Lipinski definition) is 2. The summed E-state index contributed by atoms with van der Waals surface area (Å²) in [6.07, 6.45) is 1.71. The number of aromatic amines is 1. The average molecular weight is 356 g/mol. The van der Waals surface area contributed by atoms with E-state index in [-0.39, 0.29) is 17.9 Å². The van der Waals surface area contributed by atoms with Gasteiger partial charge in [-0.2, -0.15) is 0 Å². The highest BCUT2D eigenvalue weighted by molar-refractivity contribution is 6.43. The number of H-pyrrole nitrogens is 1. The number of aromatic nitrogens is 1. The minimum atomic E-state index is -0.696. The van der Waals surface area contributed by atoms with Gasteiger partial charge in [0.1, 0.15) is 5.69 Å². The minimum Gasteiger partial charge on any atom is -0.462 e. The molecular formula is C20H24N2O4. The van der Waals surface area contributed by atoms with E-state index >= 15 is 0 Å². The van der Waals surface area contributed by atoms with Crippen LogP contribution < -0.4 is 5.32 Å². The monoisotopic (exact) mass is 356 g/mol. The third-order valence-corrected chi connectivity index (χ3v) is 3.98. The first-order valence-corrected chi connectivity index (χ1v) is 8.78. The van der Waals surface area contributed by atoms with Crippen LogP contribution in [0.3, 0.4) is 0 Å². The number of benzene rings is 1. The molecule has 0 saturated carbocycles. The zero-order chi connectivity index (χ0) is 19.1. The number of ketones is 1. The highest BCUT2D eigenvalue weighted by atomic mass is 16.5. The summed E-state index contributed by atoms with van der Waals surface area (Å²) in [5.74, 6) is -1.91. The van der Waals surface area contributed by atoms with Crippen LogP contribution in [0.5, 0.6) is 0 Å². The standard InChI is InChI=1S/C20H24N2O4/c1-4-6-12-21-19(24)18(23)17-16(14-10-8-7-9-11-14)15(13(3)22-17)20(25)26-5-2/h7-11,22H,4-6,12H2,1-3H3,(H,21,24). The fourth-order valence-corrected chi connectivity index (χ4v) is 2.72. The van der Waals surface area contributed by atoms with Gasteiger partial charge >= 0.3 is 5.97 Å². The molecule has 2 aromatic rings. The van der Waals surface area contributed by atoms with Gasteiger partial charge in [0.2, 0.25) is 0 Å². The van der Waals surface area contributed by atoms with Crippen molar-refractivity contribution in [2.24, 2.45) is 0 Å². The van der Waals surface area contributed by atoms with E-state index in [2.05, 4.69) is 10.3 Å². The molecule has 0 aliphatic rings. The zero-order valence-corrected chi connectivity index (χ0v) is 15.3. The Morgan fingerprint density at radius 2 is 1.81 bits per heavy atom. The molecule has 1 aromatic heterocycles. The molecule has 0 saturated heterocycles. The molecule has 6 nitrogen and oxygen atoms in total. The lowest BCUT2D eigenvalue weighted by Gasteiger charge is -2.08. The van der Waals surface area contributed by atoms with E-state index in [0.29, 0.717) is 23.4 Å². The van der Waals surface area contributed by atoms with E-state index in [4.69, 9.17) is 4.74 Å². The summed E-state index contributed by atoms with van der Waals surface area (Å²) in [4.78, 5) is 40.2. The van der Waals surface area contributed by atoms with Crippen molar-refractivity contribution in [3.05, 3.63) is 47.3 Å². The van der Waals surface area contributed by atoms with Crippen molar-refractivity contribution in [2.45, 2.75) is 33.6 Å². The Labute approximate surface area is 152 Å². The molecule has 26 heavy (non-hydrogen) atoms. The van der Waals surface area contributed by atoms with Gasteiger partial charge < -0.3 is 15.0 Å². The number of carbonyl (C=O) groups excluding carboxylic acids is 3. The number of rotatable bonds is 8. The molecule has 6 heteroatoms. The Morgan fingerprint density at radius 3 is 2.42 bits per heavy atom. The molecule has 0 aliphatic heterocycles. The lowest BCUT2D eigenvalue weighted by Crippen LogP contribution is -2.32. The minimum absolute atomic E-state index is 0.103. The van der Waals surface area contributed by atoms with Gasteiger partial charge in [-0.15, -0.1) is 0 Å². The molecule has 0 aliphatic carbocycles. The van der Waals surface area contributed by atoms with Gasteiger partial charge in [-0.3, -0.25) is 9.59 Å². The molecule has 0 radical (unpaired) electrons. The van der Waals surface area contributed by atoms with Crippen molar-refractivity contribution in [2.75, 3.05) is 13.2 Å². The van der Waals surface area contributed by atoms with Crippen molar-refractivity contribution in [1.29, 1.82) is 0 Å². The van der Waals surface area contributed by atoms with Gasteiger partial charge in [-0.1, -0.05) is 43.7 Å². The number of esters is 1. The molecule has 1 amide bonds. The molecular weight excluding hydrogens is 332 g/mol. The number of ether oxygens (including phenoxy) is 1. The summed E-state index contributed by atoms with van der Waals surface area (Å²) in [5.41, 5.74) is 1.95. The lowest BCUT2D eigenvalue weighted by atomic mass is 9.98. The van der Waals surface area contributed by atoms with Crippen LogP contribution >= 0.6 is 0 Å². The SMILES string of the molecule is CCCCNC(=O)C(=O)c1[nH]c(C)c(C(=O)OCC)c1-c1ccccc1. The Bertz CT molecular complexity index is 794. The summed E-state index contributed by atoms with van der Waals surface area (Å²) < 4.78 is 5.13. The van der Waals surface area contributed by atoms with Crippen molar-refractivity contribution >= 4 is 17.7 Å². The molecule has 0 fully saturated rings. The second kappa shape index (κ2) is 8.99. The smallest absolute Gasteiger partial charge is 0.340 e. The van der Waals surface area contributed by atoms with Crippen LogP contribution in [0, 0.1) is 6.92 Å². The van der Waals surface area contributed by atoms with Crippen LogP contribution in [0.4, 0.5) is 0 Å². The number of aryl methyl sites for hydroxylation is 1. The van der Waals surface area contributed by atoms with Gasteiger partial charge in [-0.25, -0.2) is 4.79 Å².